The van der Waals surface area contributed by atoms with Crippen LogP contribution in [0.1, 0.15) is 25.7 Å². The van der Waals surface area contributed by atoms with Crippen molar-refractivity contribution in [1.29, 1.82) is 0 Å². The van der Waals surface area contributed by atoms with Gasteiger partial charge in [0.2, 0.25) is 0 Å². The minimum absolute atomic E-state index is 0.351. The van der Waals surface area contributed by atoms with Crippen LogP contribution in [-0.4, -0.2) is 25.8 Å². The fraction of sp³-hybridized carbons (Fsp3) is 0.875. The Morgan fingerprint density at radius 3 is 2.91 bits per heavy atom. The molecule has 1 aliphatic rings. The molecule has 1 fully saturated rings. The van der Waals surface area contributed by atoms with E-state index in [2.05, 4.69) is 0 Å². The Morgan fingerprint density at radius 2 is 2.45 bits per heavy atom. The molecular formula is C8H14O3. The van der Waals surface area contributed by atoms with Gasteiger partial charge in [0.15, 0.2) is 5.79 Å². The summed E-state index contributed by atoms with van der Waals surface area (Å²) in [7, 11) is 1.59. The van der Waals surface area contributed by atoms with Gasteiger partial charge in [0.25, 0.3) is 0 Å². The number of ether oxygens (including phenoxy) is 2. The highest BCUT2D eigenvalue weighted by Crippen LogP contribution is 2.27. The van der Waals surface area contributed by atoms with Crippen molar-refractivity contribution in [2.45, 2.75) is 31.5 Å². The third-order valence-corrected chi connectivity index (χ3v) is 2.08. The van der Waals surface area contributed by atoms with E-state index in [9.17, 15) is 4.79 Å². The van der Waals surface area contributed by atoms with Crippen LogP contribution in [0.4, 0.5) is 0 Å². The lowest BCUT2D eigenvalue weighted by atomic mass is 10.0. The molecule has 0 N–H and O–H groups in total. The smallest absolute Gasteiger partial charge is 0.174 e. The van der Waals surface area contributed by atoms with Crippen molar-refractivity contribution in [1.82, 2.24) is 0 Å². The van der Waals surface area contributed by atoms with Crippen LogP contribution in [0, 0.1) is 0 Å². The summed E-state index contributed by atoms with van der Waals surface area (Å²) in [6.07, 6.45) is 4.20. The Labute approximate surface area is 66.7 Å². The summed E-state index contributed by atoms with van der Waals surface area (Å²) in [4.78, 5) is 10.3. The molecule has 1 heterocycles. The van der Waals surface area contributed by atoms with Crippen LogP contribution in [0.3, 0.4) is 0 Å². The molecular weight excluding hydrogens is 144 g/mol. The first-order valence-corrected chi connectivity index (χ1v) is 3.96. The number of aldehydes is 1. The summed E-state index contributed by atoms with van der Waals surface area (Å²) in [5.74, 6) is -0.597. The van der Waals surface area contributed by atoms with Crippen LogP contribution in [-0.2, 0) is 14.3 Å². The van der Waals surface area contributed by atoms with Crippen LogP contribution >= 0.6 is 0 Å². The first kappa shape index (κ1) is 8.68. The van der Waals surface area contributed by atoms with Crippen molar-refractivity contribution in [3.8, 4) is 0 Å². The fourth-order valence-corrected chi connectivity index (χ4v) is 1.36. The summed E-state index contributed by atoms with van der Waals surface area (Å²) in [6, 6.07) is 0. The van der Waals surface area contributed by atoms with Crippen LogP contribution in [0.2, 0.25) is 0 Å². The highest BCUT2D eigenvalue weighted by molar-refractivity contribution is 5.50. The lowest BCUT2D eigenvalue weighted by Crippen LogP contribution is -2.38. The van der Waals surface area contributed by atoms with E-state index in [0.29, 0.717) is 13.0 Å². The van der Waals surface area contributed by atoms with Gasteiger partial charge >= 0.3 is 0 Å². The average molecular weight is 158 g/mol. The van der Waals surface area contributed by atoms with E-state index in [1.165, 1.54) is 0 Å². The molecule has 0 aromatic carbocycles. The molecule has 1 aliphatic heterocycles. The third kappa shape index (κ3) is 2.01. The zero-order valence-electron chi connectivity index (χ0n) is 6.84. The number of rotatable bonds is 3. The number of methoxy groups -OCH3 is 1. The van der Waals surface area contributed by atoms with Crippen molar-refractivity contribution in [2.24, 2.45) is 0 Å². The van der Waals surface area contributed by atoms with Gasteiger partial charge in [0, 0.05) is 13.5 Å². The Hall–Kier alpha value is -0.410. The summed E-state index contributed by atoms with van der Waals surface area (Å²) >= 11 is 0. The van der Waals surface area contributed by atoms with E-state index in [4.69, 9.17) is 9.47 Å². The van der Waals surface area contributed by atoms with E-state index < -0.39 is 5.79 Å². The number of carbonyl (C=O) groups excluding carboxylic acids is 1. The van der Waals surface area contributed by atoms with Gasteiger partial charge in [-0.3, -0.25) is 0 Å². The van der Waals surface area contributed by atoms with E-state index in [0.717, 1.165) is 25.5 Å². The molecule has 1 saturated heterocycles. The molecule has 0 aliphatic carbocycles. The molecule has 11 heavy (non-hydrogen) atoms. The van der Waals surface area contributed by atoms with Gasteiger partial charge in [-0.15, -0.1) is 0 Å². The molecule has 3 nitrogen and oxygen atoms in total. The van der Waals surface area contributed by atoms with E-state index in [1.54, 1.807) is 7.11 Å². The zero-order valence-corrected chi connectivity index (χ0v) is 6.84. The predicted molar refractivity (Wildman–Crippen MR) is 40.2 cm³/mol. The first-order valence-electron chi connectivity index (χ1n) is 3.96. The molecule has 1 unspecified atom stereocenters. The van der Waals surface area contributed by atoms with E-state index in [1.807, 2.05) is 0 Å². The van der Waals surface area contributed by atoms with Gasteiger partial charge in [-0.1, -0.05) is 0 Å². The molecule has 0 aromatic heterocycles. The number of hydrogen-bond donors (Lipinski definition) is 0. The maximum atomic E-state index is 10.3. The SMILES string of the molecule is COC1(CC=O)CCCCO1. The van der Waals surface area contributed by atoms with E-state index >= 15 is 0 Å². The topological polar surface area (TPSA) is 35.5 Å². The Morgan fingerprint density at radius 1 is 1.64 bits per heavy atom. The van der Waals surface area contributed by atoms with Gasteiger partial charge in [-0.25, -0.2) is 0 Å². The average Bonchev–Trinajstić information content (AvgIpc) is 2.07. The van der Waals surface area contributed by atoms with Crippen molar-refractivity contribution >= 4 is 6.29 Å². The predicted octanol–water partition coefficient (Wildman–Crippen LogP) is 1.12. The van der Waals surface area contributed by atoms with Gasteiger partial charge in [0.05, 0.1) is 13.0 Å². The van der Waals surface area contributed by atoms with Crippen molar-refractivity contribution in [3.05, 3.63) is 0 Å². The van der Waals surface area contributed by atoms with Crippen LogP contribution in [0.15, 0.2) is 0 Å². The standard InChI is InChI=1S/C8H14O3/c1-10-8(5-6-9)4-2-3-7-11-8/h6H,2-5,7H2,1H3. The fourth-order valence-electron chi connectivity index (χ4n) is 1.36. The quantitative estimate of drug-likeness (QED) is 0.577. The van der Waals surface area contributed by atoms with Crippen LogP contribution < -0.4 is 0 Å². The number of hydrogen-bond acceptors (Lipinski definition) is 3. The second-order valence-corrected chi connectivity index (χ2v) is 2.79. The number of carbonyl (C=O) groups is 1. The molecule has 0 amide bonds. The third-order valence-electron chi connectivity index (χ3n) is 2.08. The van der Waals surface area contributed by atoms with Crippen molar-refractivity contribution in [2.75, 3.05) is 13.7 Å². The molecule has 1 atom stereocenters. The molecule has 0 aromatic rings. The Kier molecular flexibility index (Phi) is 3.02. The second kappa shape index (κ2) is 3.83. The Balaban J connectivity index is 2.49. The zero-order chi connectivity index (χ0) is 8.16. The minimum atomic E-state index is -0.597. The van der Waals surface area contributed by atoms with Crippen molar-refractivity contribution in [3.63, 3.8) is 0 Å². The van der Waals surface area contributed by atoms with Crippen molar-refractivity contribution < 1.29 is 14.3 Å². The summed E-state index contributed by atoms with van der Waals surface area (Å²) < 4.78 is 10.6. The van der Waals surface area contributed by atoms with Crippen LogP contribution in [0.25, 0.3) is 0 Å². The first-order chi connectivity index (χ1) is 5.33. The molecule has 0 spiro atoms. The summed E-state index contributed by atoms with van der Waals surface area (Å²) in [5.41, 5.74) is 0. The lowest BCUT2D eigenvalue weighted by molar-refractivity contribution is -0.240. The maximum absolute atomic E-state index is 10.3. The summed E-state index contributed by atoms with van der Waals surface area (Å²) in [6.45, 7) is 0.710. The van der Waals surface area contributed by atoms with E-state index in [-0.39, 0.29) is 0 Å². The highest BCUT2D eigenvalue weighted by Gasteiger charge is 2.32. The monoisotopic (exact) mass is 158 g/mol. The minimum Gasteiger partial charge on any atom is -0.353 e. The van der Waals surface area contributed by atoms with Gasteiger partial charge < -0.3 is 14.3 Å². The van der Waals surface area contributed by atoms with Gasteiger partial charge in [-0.2, -0.15) is 0 Å². The molecule has 0 bridgehead atoms. The lowest BCUT2D eigenvalue weighted by Gasteiger charge is -2.34. The normalized spacial score (nSPS) is 31.7. The van der Waals surface area contributed by atoms with Gasteiger partial charge in [-0.05, 0) is 12.8 Å². The largest absolute Gasteiger partial charge is 0.353 e. The molecule has 1 rings (SSSR count). The summed E-state index contributed by atoms with van der Waals surface area (Å²) in [5, 5.41) is 0. The second-order valence-electron chi connectivity index (χ2n) is 2.79. The molecule has 0 saturated carbocycles. The highest BCUT2D eigenvalue weighted by atomic mass is 16.7. The molecule has 0 radical (unpaired) electrons. The molecule has 3 heteroatoms. The Bertz CT molecular complexity index is 127. The maximum Gasteiger partial charge on any atom is 0.174 e. The molecule has 64 valence electrons. The van der Waals surface area contributed by atoms with Crippen LogP contribution in [0.5, 0.6) is 0 Å². The van der Waals surface area contributed by atoms with Gasteiger partial charge in [0.1, 0.15) is 6.29 Å².